The van der Waals surface area contributed by atoms with Gasteiger partial charge in [-0.1, -0.05) is 117 Å². The van der Waals surface area contributed by atoms with Crippen LogP contribution in [0.3, 0.4) is 0 Å². The third kappa shape index (κ3) is 10.1. The van der Waals surface area contributed by atoms with E-state index >= 15 is 0 Å². The molecule has 0 bridgehead atoms. The number of nitrogens with zero attached hydrogens (tertiary/aromatic N) is 1. The number of likely N-dealkylation sites (tertiary alicyclic amines) is 1. The molecule has 4 atom stereocenters. The fraction of sp³-hybridized carbons (Fsp3) is 0.357. The summed E-state index contributed by atoms with van der Waals surface area (Å²) in [4.78, 5) is 69.8. The molecule has 1 heterocycles. The fourth-order valence-electron chi connectivity index (χ4n) is 6.68. The lowest BCUT2D eigenvalue weighted by molar-refractivity contribution is -0.145. The standard InChI is InChI=1S/C42H48N4O6/c1-28(2)38(41(50)44-35(42(51)52-3)25-30-16-8-5-9-17-30)45-39(48)34(24-29-14-6-4-7-15-29)43-40(49)36-20-12-13-23-46(36)27-37(47)33-22-21-31-18-10-11-19-32(31)26-33/h4-11,14-19,21-22,26,28,34-36,38H,12-13,20,23-25,27H2,1-3H3,(H,43,49)(H,44,50)(H,45,48)/t34-,35-,36?,38-/m0/s1. The second-order valence-electron chi connectivity index (χ2n) is 13.7. The maximum Gasteiger partial charge on any atom is 0.328 e. The van der Waals surface area contributed by atoms with E-state index in [4.69, 9.17) is 4.74 Å². The minimum Gasteiger partial charge on any atom is -0.467 e. The molecule has 0 aromatic heterocycles. The number of methoxy groups -OCH3 is 1. The number of hydrogen-bond acceptors (Lipinski definition) is 7. The first kappa shape index (κ1) is 37.9. The van der Waals surface area contributed by atoms with E-state index in [0.29, 0.717) is 18.5 Å². The zero-order chi connectivity index (χ0) is 37.0. The highest BCUT2D eigenvalue weighted by molar-refractivity contribution is 6.01. The number of nitrogens with one attached hydrogen (secondary N) is 3. The molecule has 272 valence electrons. The Kier molecular flexibility index (Phi) is 13.3. The Labute approximate surface area is 305 Å². The van der Waals surface area contributed by atoms with Crippen LogP contribution in [-0.2, 0) is 36.8 Å². The van der Waals surface area contributed by atoms with E-state index in [1.54, 1.807) is 13.8 Å². The lowest BCUT2D eigenvalue weighted by atomic mass is 9.97. The van der Waals surface area contributed by atoms with Crippen molar-refractivity contribution in [3.05, 3.63) is 120 Å². The van der Waals surface area contributed by atoms with Crippen molar-refractivity contribution < 1.29 is 28.7 Å². The van der Waals surface area contributed by atoms with E-state index in [0.717, 1.165) is 34.7 Å². The van der Waals surface area contributed by atoms with Gasteiger partial charge in [0.1, 0.15) is 18.1 Å². The molecular weight excluding hydrogens is 656 g/mol. The van der Waals surface area contributed by atoms with E-state index in [2.05, 4.69) is 16.0 Å². The molecule has 52 heavy (non-hydrogen) atoms. The van der Waals surface area contributed by atoms with Crippen LogP contribution >= 0.6 is 0 Å². The quantitative estimate of drug-likeness (QED) is 0.121. The Morgan fingerprint density at radius 1 is 0.712 bits per heavy atom. The third-order valence-electron chi connectivity index (χ3n) is 9.58. The van der Waals surface area contributed by atoms with Gasteiger partial charge in [-0.3, -0.25) is 24.1 Å². The molecule has 0 saturated carbocycles. The summed E-state index contributed by atoms with van der Waals surface area (Å²) < 4.78 is 4.97. The first-order valence-corrected chi connectivity index (χ1v) is 18.0. The van der Waals surface area contributed by atoms with Gasteiger partial charge in [0.25, 0.3) is 0 Å². The molecule has 1 aliphatic heterocycles. The number of esters is 1. The van der Waals surface area contributed by atoms with Crippen LogP contribution in [0.5, 0.6) is 0 Å². The van der Waals surface area contributed by atoms with E-state index < -0.39 is 42.0 Å². The van der Waals surface area contributed by atoms with Gasteiger partial charge < -0.3 is 20.7 Å². The van der Waals surface area contributed by atoms with Crippen molar-refractivity contribution in [3.8, 4) is 0 Å². The number of fused-ring (bicyclic) bond motifs is 1. The molecule has 1 aliphatic rings. The number of benzene rings is 4. The van der Waals surface area contributed by atoms with Gasteiger partial charge >= 0.3 is 5.97 Å². The van der Waals surface area contributed by atoms with Crippen LogP contribution in [0, 0.1) is 5.92 Å². The number of amides is 3. The topological polar surface area (TPSA) is 134 Å². The Hall–Kier alpha value is -5.35. The molecule has 4 aromatic rings. The van der Waals surface area contributed by atoms with Crippen molar-refractivity contribution in [2.75, 3.05) is 20.2 Å². The number of Topliss-reactive ketones (excluding diaryl/α,β-unsaturated/α-hetero) is 1. The first-order chi connectivity index (χ1) is 25.1. The van der Waals surface area contributed by atoms with Gasteiger partial charge in [0.2, 0.25) is 17.7 Å². The summed E-state index contributed by atoms with van der Waals surface area (Å²) >= 11 is 0. The number of carbonyl (C=O) groups is 5. The highest BCUT2D eigenvalue weighted by Gasteiger charge is 2.35. The Morgan fingerprint density at radius 2 is 1.33 bits per heavy atom. The number of ether oxygens (including phenoxy) is 1. The van der Waals surface area contributed by atoms with Crippen LogP contribution in [0.4, 0.5) is 0 Å². The van der Waals surface area contributed by atoms with Gasteiger partial charge in [-0.2, -0.15) is 0 Å². The summed E-state index contributed by atoms with van der Waals surface area (Å²) in [5.74, 6) is -2.43. The predicted molar refractivity (Wildman–Crippen MR) is 200 cm³/mol. The lowest BCUT2D eigenvalue weighted by Gasteiger charge is -2.35. The number of ketones is 1. The molecule has 10 heteroatoms. The van der Waals surface area contributed by atoms with Gasteiger partial charge in [-0.15, -0.1) is 0 Å². The average Bonchev–Trinajstić information content (AvgIpc) is 3.16. The second kappa shape index (κ2) is 18.2. The summed E-state index contributed by atoms with van der Waals surface area (Å²) in [6.07, 6.45) is 2.61. The van der Waals surface area contributed by atoms with Crippen molar-refractivity contribution in [2.24, 2.45) is 5.92 Å². The molecule has 4 aromatic carbocycles. The van der Waals surface area contributed by atoms with Crippen LogP contribution in [0.25, 0.3) is 10.8 Å². The molecule has 1 saturated heterocycles. The fourth-order valence-corrected chi connectivity index (χ4v) is 6.68. The zero-order valence-corrected chi connectivity index (χ0v) is 30.0. The maximum absolute atomic E-state index is 14.0. The summed E-state index contributed by atoms with van der Waals surface area (Å²) in [7, 11) is 1.26. The maximum atomic E-state index is 14.0. The summed E-state index contributed by atoms with van der Waals surface area (Å²) in [5.41, 5.74) is 2.25. The monoisotopic (exact) mass is 704 g/mol. The molecule has 5 rings (SSSR count). The molecule has 10 nitrogen and oxygen atoms in total. The summed E-state index contributed by atoms with van der Waals surface area (Å²) in [6.45, 7) is 4.25. The molecule has 3 N–H and O–H groups in total. The number of piperidine rings is 1. The Bertz CT molecular complexity index is 1850. The van der Waals surface area contributed by atoms with E-state index in [9.17, 15) is 24.0 Å². The first-order valence-electron chi connectivity index (χ1n) is 18.0. The van der Waals surface area contributed by atoms with Gasteiger partial charge in [0, 0.05) is 18.4 Å². The Balaban J connectivity index is 1.30. The predicted octanol–water partition coefficient (Wildman–Crippen LogP) is 4.65. The molecular formula is C42H48N4O6. The number of carbonyl (C=O) groups excluding carboxylic acids is 5. The van der Waals surface area contributed by atoms with Gasteiger partial charge in [-0.25, -0.2) is 4.79 Å². The van der Waals surface area contributed by atoms with Crippen molar-refractivity contribution in [1.82, 2.24) is 20.9 Å². The number of rotatable bonds is 15. The van der Waals surface area contributed by atoms with Gasteiger partial charge in [0.05, 0.1) is 19.7 Å². The normalized spacial score (nSPS) is 16.3. The van der Waals surface area contributed by atoms with Crippen molar-refractivity contribution in [2.45, 2.75) is 70.1 Å². The molecule has 3 amide bonds. The van der Waals surface area contributed by atoms with Crippen LogP contribution in [0.2, 0.25) is 0 Å². The zero-order valence-electron chi connectivity index (χ0n) is 30.0. The third-order valence-corrected chi connectivity index (χ3v) is 9.58. The molecule has 1 unspecified atom stereocenters. The van der Waals surface area contributed by atoms with Crippen molar-refractivity contribution >= 4 is 40.2 Å². The average molecular weight is 705 g/mol. The van der Waals surface area contributed by atoms with Crippen LogP contribution in [-0.4, -0.2) is 78.7 Å². The second-order valence-corrected chi connectivity index (χ2v) is 13.7. The molecule has 1 fully saturated rings. The van der Waals surface area contributed by atoms with Gasteiger partial charge in [0.15, 0.2) is 5.78 Å². The van der Waals surface area contributed by atoms with Crippen LogP contribution < -0.4 is 16.0 Å². The van der Waals surface area contributed by atoms with E-state index in [-0.39, 0.29) is 37.0 Å². The van der Waals surface area contributed by atoms with Crippen LogP contribution in [0.1, 0.15) is 54.6 Å². The Morgan fingerprint density at radius 3 is 1.96 bits per heavy atom. The lowest BCUT2D eigenvalue weighted by Crippen LogP contribution is -2.60. The van der Waals surface area contributed by atoms with Crippen molar-refractivity contribution in [3.63, 3.8) is 0 Å². The van der Waals surface area contributed by atoms with E-state index in [1.807, 2.05) is 108 Å². The highest BCUT2D eigenvalue weighted by atomic mass is 16.5. The SMILES string of the molecule is COC(=O)[C@H](Cc1ccccc1)NC(=O)[C@@H](NC(=O)[C@H](Cc1ccccc1)NC(=O)C1CCCCN1CC(=O)c1ccc2ccccc2c1)C(C)C. The van der Waals surface area contributed by atoms with Crippen LogP contribution in [0.15, 0.2) is 103 Å². The van der Waals surface area contributed by atoms with Crippen molar-refractivity contribution in [1.29, 1.82) is 0 Å². The highest BCUT2D eigenvalue weighted by Crippen LogP contribution is 2.21. The van der Waals surface area contributed by atoms with E-state index in [1.165, 1.54) is 7.11 Å². The summed E-state index contributed by atoms with van der Waals surface area (Å²) in [6, 6.07) is 28.5. The molecule has 0 spiro atoms. The van der Waals surface area contributed by atoms with Gasteiger partial charge in [-0.05, 0) is 53.3 Å². The minimum absolute atomic E-state index is 0.0753. The molecule has 0 radical (unpaired) electrons. The molecule has 0 aliphatic carbocycles. The largest absolute Gasteiger partial charge is 0.467 e. The minimum atomic E-state index is -1.01. The smallest absolute Gasteiger partial charge is 0.328 e. The number of hydrogen-bond donors (Lipinski definition) is 3. The summed E-state index contributed by atoms with van der Waals surface area (Å²) in [5, 5.41) is 10.6.